The molecule has 0 amide bonds. The van der Waals surface area contributed by atoms with Crippen LogP contribution >= 0.6 is 0 Å². The van der Waals surface area contributed by atoms with Crippen molar-refractivity contribution in [3.05, 3.63) is 41.5 Å². The minimum Gasteiger partial charge on any atom is -0.478 e. The van der Waals surface area contributed by atoms with E-state index in [1.165, 1.54) is 63.4 Å². The van der Waals surface area contributed by atoms with Gasteiger partial charge in [-0.2, -0.15) is 0 Å². The summed E-state index contributed by atoms with van der Waals surface area (Å²) < 4.78 is 30.4. The maximum atomic E-state index is 12.1. The maximum Gasteiger partial charge on any atom is 0.335 e. The van der Waals surface area contributed by atoms with Crippen molar-refractivity contribution in [1.29, 1.82) is 0 Å². The van der Waals surface area contributed by atoms with Crippen LogP contribution in [0.1, 0.15) is 129 Å². The van der Waals surface area contributed by atoms with Gasteiger partial charge < -0.3 is 20.1 Å². The van der Waals surface area contributed by atoms with E-state index in [1.807, 2.05) is 19.2 Å². The van der Waals surface area contributed by atoms with Gasteiger partial charge in [0, 0.05) is 38.8 Å². The lowest BCUT2D eigenvalue weighted by Gasteiger charge is -2.70. The van der Waals surface area contributed by atoms with E-state index in [9.17, 15) is 18.3 Å². The van der Waals surface area contributed by atoms with Gasteiger partial charge in [-0.05, 0) is 141 Å². The monoisotopic (exact) mass is 724 g/mol. The first-order valence-electron chi connectivity index (χ1n) is 20.2. The van der Waals surface area contributed by atoms with Crippen LogP contribution in [0.25, 0.3) is 5.57 Å². The van der Waals surface area contributed by atoms with Crippen molar-refractivity contribution in [3.63, 3.8) is 0 Å². The van der Waals surface area contributed by atoms with Gasteiger partial charge in [-0.25, -0.2) is 13.2 Å². The Kier molecular flexibility index (Phi) is 10.8. The Morgan fingerprint density at radius 2 is 1.65 bits per heavy atom. The van der Waals surface area contributed by atoms with Crippen LogP contribution in [-0.4, -0.2) is 80.3 Å². The summed E-state index contributed by atoms with van der Waals surface area (Å²) in [6.45, 7) is 20.3. The van der Waals surface area contributed by atoms with E-state index >= 15 is 0 Å². The number of ether oxygens (including phenoxy) is 1. The van der Waals surface area contributed by atoms with Crippen molar-refractivity contribution in [2.24, 2.45) is 45.8 Å². The molecule has 1 aliphatic heterocycles. The molecule has 5 fully saturated rings. The Hall–Kier alpha value is -1.74. The number of sulfone groups is 1. The standard InChI is InChI=1S/C43H68N2O5S/c1-30(2)33(31-10-12-32(13-11-31)38(46)47)16-20-40(5)18-9-19-42(7)36(40)15-14-35-37-34(39(3,4)50-8)17-21-43(37,23-22-41(35,42)6)44-24-25-45-26-28-51(48,49)29-27-45/h10-13,16,30,34-37,44H,9,14-15,17-29H2,1-8H3,(H,46,47). The second kappa shape index (κ2) is 14.2. The molecule has 0 spiro atoms. The van der Waals surface area contributed by atoms with Gasteiger partial charge in [-0.1, -0.05) is 59.2 Å². The average Bonchev–Trinajstić information content (AvgIpc) is 3.47. The first-order valence-corrected chi connectivity index (χ1v) is 22.0. The number of carboxylic acid groups (broad SMARTS) is 1. The lowest BCUT2D eigenvalue weighted by Crippen LogP contribution is -2.67. The van der Waals surface area contributed by atoms with Crippen molar-refractivity contribution < 1.29 is 23.1 Å². The highest BCUT2D eigenvalue weighted by Crippen LogP contribution is 2.74. The average molecular weight is 725 g/mol. The molecule has 8 atom stereocenters. The summed E-state index contributed by atoms with van der Waals surface area (Å²) in [6, 6.07) is 7.48. The van der Waals surface area contributed by atoms with Crippen LogP contribution in [0.15, 0.2) is 30.3 Å². The molecule has 2 N–H and O–H groups in total. The van der Waals surface area contributed by atoms with E-state index in [-0.39, 0.29) is 27.4 Å². The van der Waals surface area contributed by atoms with Crippen molar-refractivity contribution in [3.8, 4) is 0 Å². The molecule has 0 radical (unpaired) electrons. The summed E-state index contributed by atoms with van der Waals surface area (Å²) in [4.78, 5) is 13.9. The normalized spacial score (nSPS) is 38.6. The van der Waals surface area contributed by atoms with E-state index in [2.05, 4.69) is 64.8 Å². The van der Waals surface area contributed by atoms with E-state index in [4.69, 9.17) is 4.74 Å². The fraction of sp³-hybridized carbons (Fsp3) is 0.791. The molecular formula is C43H68N2O5S. The zero-order chi connectivity index (χ0) is 37.0. The van der Waals surface area contributed by atoms with Crippen molar-refractivity contribution in [1.82, 2.24) is 10.2 Å². The Balaban J connectivity index is 1.26. The molecule has 1 aromatic carbocycles. The molecule has 4 aliphatic carbocycles. The molecule has 8 unspecified atom stereocenters. The molecule has 7 nitrogen and oxygen atoms in total. The minimum atomic E-state index is -2.87. The van der Waals surface area contributed by atoms with E-state index in [1.54, 1.807) is 12.1 Å². The molecule has 1 saturated heterocycles. The van der Waals surface area contributed by atoms with E-state index < -0.39 is 15.8 Å². The number of allylic oxidation sites excluding steroid dienone is 2. The second-order valence-corrected chi connectivity index (χ2v) is 21.3. The third-order valence-corrected chi connectivity index (χ3v) is 17.7. The molecule has 0 aromatic heterocycles. The Labute approximate surface area is 309 Å². The molecule has 1 heterocycles. The Bertz CT molecular complexity index is 1560. The molecule has 0 bridgehead atoms. The lowest BCUT2D eigenvalue weighted by atomic mass is 9.36. The molecule has 286 valence electrons. The number of benzene rings is 1. The third kappa shape index (κ3) is 7.02. The highest BCUT2D eigenvalue weighted by atomic mass is 32.2. The zero-order valence-corrected chi connectivity index (χ0v) is 33.8. The van der Waals surface area contributed by atoms with Crippen LogP contribution in [0, 0.1) is 45.8 Å². The summed E-state index contributed by atoms with van der Waals surface area (Å²) in [7, 11) is -0.967. The van der Waals surface area contributed by atoms with Crippen LogP contribution in [0.2, 0.25) is 0 Å². The van der Waals surface area contributed by atoms with Crippen LogP contribution < -0.4 is 5.32 Å². The summed E-state index contributed by atoms with van der Waals surface area (Å²) >= 11 is 0. The largest absolute Gasteiger partial charge is 0.478 e. The topological polar surface area (TPSA) is 95.9 Å². The number of nitrogens with zero attached hydrogens (tertiary/aromatic N) is 1. The first-order chi connectivity index (χ1) is 23.9. The highest BCUT2D eigenvalue weighted by molar-refractivity contribution is 7.91. The summed E-state index contributed by atoms with van der Waals surface area (Å²) in [6.07, 6.45) is 14.8. The molecule has 4 saturated carbocycles. The number of fused-ring (bicyclic) bond motifs is 5. The smallest absolute Gasteiger partial charge is 0.335 e. The SMILES string of the molecule is COC(C)(C)C1CCC2(NCCN3CCS(=O)(=O)CC3)CCC3(C)C(CCC4C(C)(CC=C(c5ccc(C(=O)O)cc5)C(C)C)CCCC43C)C12. The number of hydrogen-bond donors (Lipinski definition) is 2. The second-order valence-electron chi connectivity index (χ2n) is 19.0. The van der Waals surface area contributed by atoms with Gasteiger partial charge in [-0.3, -0.25) is 0 Å². The Morgan fingerprint density at radius 1 is 0.980 bits per heavy atom. The minimum absolute atomic E-state index is 0.110. The molecule has 8 heteroatoms. The van der Waals surface area contributed by atoms with Crippen LogP contribution in [0.3, 0.4) is 0 Å². The fourth-order valence-electron chi connectivity index (χ4n) is 12.8. The molecule has 5 aliphatic rings. The van der Waals surface area contributed by atoms with Crippen LogP contribution in [-0.2, 0) is 14.6 Å². The van der Waals surface area contributed by atoms with Crippen molar-refractivity contribution in [2.45, 2.75) is 124 Å². The first kappa shape index (κ1) is 39.0. The van der Waals surface area contributed by atoms with Crippen molar-refractivity contribution >= 4 is 21.4 Å². The molecule has 51 heavy (non-hydrogen) atoms. The fourth-order valence-corrected chi connectivity index (χ4v) is 14.1. The van der Waals surface area contributed by atoms with E-state index in [0.717, 1.165) is 25.1 Å². The van der Waals surface area contributed by atoms with Gasteiger partial charge in [-0.15, -0.1) is 0 Å². The number of nitrogens with one attached hydrogen (secondary N) is 1. The number of methoxy groups -OCH3 is 1. The summed E-state index contributed by atoms with van der Waals surface area (Å²) in [5.41, 5.74) is 3.46. The van der Waals surface area contributed by atoms with Gasteiger partial charge in [0.1, 0.15) is 0 Å². The van der Waals surface area contributed by atoms with Crippen molar-refractivity contribution in [2.75, 3.05) is 44.8 Å². The number of rotatable bonds is 11. The quantitative estimate of drug-likeness (QED) is 0.237. The van der Waals surface area contributed by atoms with Crippen LogP contribution in [0.4, 0.5) is 0 Å². The zero-order valence-electron chi connectivity index (χ0n) is 33.0. The third-order valence-electron chi connectivity index (χ3n) is 16.1. The predicted octanol–water partition coefficient (Wildman–Crippen LogP) is 8.35. The summed E-state index contributed by atoms with van der Waals surface area (Å²) in [5.74, 6) is 2.41. The van der Waals surface area contributed by atoms with Gasteiger partial charge in [0.05, 0.1) is 22.7 Å². The number of aromatic carboxylic acids is 1. The highest BCUT2D eigenvalue weighted by Gasteiger charge is 2.69. The lowest BCUT2D eigenvalue weighted by molar-refractivity contribution is -0.206. The number of hydrogen-bond acceptors (Lipinski definition) is 6. The Morgan fingerprint density at radius 3 is 2.27 bits per heavy atom. The van der Waals surface area contributed by atoms with Gasteiger partial charge in [0.2, 0.25) is 0 Å². The maximum absolute atomic E-state index is 12.1. The van der Waals surface area contributed by atoms with Crippen LogP contribution in [0.5, 0.6) is 0 Å². The molecule has 1 aromatic rings. The van der Waals surface area contributed by atoms with Gasteiger partial charge in [0.15, 0.2) is 9.84 Å². The summed E-state index contributed by atoms with van der Waals surface area (Å²) in [5, 5.41) is 13.7. The van der Waals surface area contributed by atoms with E-state index in [0.29, 0.717) is 59.7 Å². The van der Waals surface area contributed by atoms with Gasteiger partial charge >= 0.3 is 5.97 Å². The predicted molar refractivity (Wildman–Crippen MR) is 208 cm³/mol. The molecule has 6 rings (SSSR count). The molecular weight excluding hydrogens is 657 g/mol. The van der Waals surface area contributed by atoms with Gasteiger partial charge in [0.25, 0.3) is 0 Å². The number of carbonyl (C=O) groups is 1. The number of carboxylic acids is 1.